The van der Waals surface area contributed by atoms with Crippen LogP contribution in [0.4, 0.5) is 0 Å². The SMILES string of the molecule is O=C(O)COCNCCNCCCCNCCc1ccc(OCc2ccccc2)cc1. The first-order valence-corrected chi connectivity index (χ1v) is 10.9. The second-order valence-corrected chi connectivity index (χ2v) is 7.26. The average Bonchev–Trinajstić information content (AvgIpc) is 2.79. The number of carbonyl (C=O) groups is 1. The molecule has 0 aromatic heterocycles. The Kier molecular flexibility index (Phi) is 13.0. The smallest absolute Gasteiger partial charge is 0.329 e. The van der Waals surface area contributed by atoms with Crippen LogP contribution in [0, 0.1) is 0 Å². The third kappa shape index (κ3) is 12.8. The van der Waals surface area contributed by atoms with Gasteiger partial charge in [-0.25, -0.2) is 4.79 Å². The van der Waals surface area contributed by atoms with E-state index in [1.54, 1.807) is 0 Å². The van der Waals surface area contributed by atoms with Gasteiger partial charge in [0.05, 0.1) is 6.73 Å². The molecule has 0 fully saturated rings. The molecule has 0 aliphatic rings. The quantitative estimate of drug-likeness (QED) is 0.214. The lowest BCUT2D eigenvalue weighted by molar-refractivity contribution is -0.142. The van der Waals surface area contributed by atoms with E-state index in [4.69, 9.17) is 14.6 Å². The lowest BCUT2D eigenvalue weighted by atomic mass is 10.1. The lowest BCUT2D eigenvalue weighted by Crippen LogP contribution is -2.30. The minimum Gasteiger partial charge on any atom is -0.489 e. The van der Waals surface area contributed by atoms with Crippen LogP contribution in [0.1, 0.15) is 24.0 Å². The Balaban J connectivity index is 1.39. The molecule has 0 radical (unpaired) electrons. The van der Waals surface area contributed by atoms with E-state index in [1.807, 2.05) is 30.3 Å². The second-order valence-electron chi connectivity index (χ2n) is 7.26. The van der Waals surface area contributed by atoms with Crippen LogP contribution in [0.5, 0.6) is 5.75 Å². The summed E-state index contributed by atoms with van der Waals surface area (Å²) in [4.78, 5) is 10.3. The van der Waals surface area contributed by atoms with Gasteiger partial charge < -0.3 is 25.2 Å². The monoisotopic (exact) mass is 429 g/mol. The summed E-state index contributed by atoms with van der Waals surface area (Å²) in [6, 6.07) is 18.5. The predicted octanol–water partition coefficient (Wildman–Crippen LogP) is 2.42. The summed E-state index contributed by atoms with van der Waals surface area (Å²) in [5.41, 5.74) is 2.48. The van der Waals surface area contributed by atoms with Crippen LogP contribution in [-0.4, -0.2) is 57.1 Å². The molecular formula is C24H35N3O4. The third-order valence-corrected chi connectivity index (χ3v) is 4.63. The Morgan fingerprint density at radius 3 is 2.16 bits per heavy atom. The Bertz CT molecular complexity index is 711. The van der Waals surface area contributed by atoms with Crippen LogP contribution in [0.25, 0.3) is 0 Å². The number of carboxylic acid groups (broad SMARTS) is 1. The topological polar surface area (TPSA) is 91.9 Å². The van der Waals surface area contributed by atoms with Crippen molar-refractivity contribution in [2.75, 3.05) is 46.1 Å². The molecule has 4 N–H and O–H groups in total. The molecule has 0 atom stereocenters. The summed E-state index contributed by atoms with van der Waals surface area (Å²) in [7, 11) is 0. The molecule has 2 aromatic carbocycles. The largest absolute Gasteiger partial charge is 0.489 e. The van der Waals surface area contributed by atoms with Gasteiger partial charge in [-0.05, 0) is 62.2 Å². The van der Waals surface area contributed by atoms with Crippen molar-refractivity contribution in [3.05, 3.63) is 65.7 Å². The first-order valence-electron chi connectivity index (χ1n) is 10.9. The summed E-state index contributed by atoms with van der Waals surface area (Å²) < 4.78 is 10.7. The van der Waals surface area contributed by atoms with E-state index >= 15 is 0 Å². The van der Waals surface area contributed by atoms with Crippen LogP contribution in [0.3, 0.4) is 0 Å². The van der Waals surface area contributed by atoms with Gasteiger partial charge in [-0.3, -0.25) is 5.32 Å². The molecule has 2 rings (SSSR count). The van der Waals surface area contributed by atoms with E-state index in [-0.39, 0.29) is 13.3 Å². The Morgan fingerprint density at radius 1 is 0.774 bits per heavy atom. The van der Waals surface area contributed by atoms with E-state index in [0.717, 1.165) is 57.7 Å². The van der Waals surface area contributed by atoms with Crippen molar-refractivity contribution in [1.29, 1.82) is 0 Å². The highest BCUT2D eigenvalue weighted by molar-refractivity contribution is 5.67. The van der Waals surface area contributed by atoms with E-state index < -0.39 is 5.97 Å². The number of hydrogen-bond donors (Lipinski definition) is 4. The molecule has 0 unspecified atom stereocenters. The number of ether oxygens (including phenoxy) is 2. The Labute approximate surface area is 185 Å². The van der Waals surface area contributed by atoms with Crippen LogP contribution in [0.2, 0.25) is 0 Å². The number of aliphatic carboxylic acids is 1. The first kappa shape index (κ1) is 24.8. The van der Waals surface area contributed by atoms with Gasteiger partial charge in [0.1, 0.15) is 19.0 Å². The first-order chi connectivity index (χ1) is 15.2. The van der Waals surface area contributed by atoms with Crippen molar-refractivity contribution < 1.29 is 19.4 Å². The third-order valence-electron chi connectivity index (χ3n) is 4.63. The molecule has 0 bridgehead atoms. The minimum atomic E-state index is -0.949. The van der Waals surface area contributed by atoms with Gasteiger partial charge >= 0.3 is 5.97 Å². The van der Waals surface area contributed by atoms with Crippen molar-refractivity contribution in [2.45, 2.75) is 25.9 Å². The fourth-order valence-electron chi connectivity index (χ4n) is 2.94. The zero-order valence-electron chi connectivity index (χ0n) is 18.1. The maximum Gasteiger partial charge on any atom is 0.329 e. The molecule has 7 heteroatoms. The molecule has 0 aliphatic carbocycles. The van der Waals surface area contributed by atoms with Gasteiger partial charge in [0.2, 0.25) is 0 Å². The van der Waals surface area contributed by atoms with Gasteiger partial charge in [-0.1, -0.05) is 42.5 Å². The van der Waals surface area contributed by atoms with Gasteiger partial charge in [-0.2, -0.15) is 0 Å². The summed E-state index contributed by atoms with van der Waals surface area (Å²) in [6.07, 6.45) is 3.26. The number of hydrogen-bond acceptors (Lipinski definition) is 6. The Morgan fingerprint density at radius 2 is 1.45 bits per heavy atom. The molecule has 0 amide bonds. The summed E-state index contributed by atoms with van der Waals surface area (Å²) in [5.74, 6) is -0.0494. The lowest BCUT2D eigenvalue weighted by Gasteiger charge is -2.09. The molecule has 0 heterocycles. The normalized spacial score (nSPS) is 10.8. The maximum atomic E-state index is 10.3. The van der Waals surface area contributed by atoms with Crippen LogP contribution >= 0.6 is 0 Å². The zero-order chi connectivity index (χ0) is 22.0. The number of benzene rings is 2. The standard InChI is InChI=1S/C24H35N3O4/c28-24(29)19-30-20-27-17-16-26-14-5-4-13-25-15-12-21-8-10-23(11-9-21)31-18-22-6-2-1-3-7-22/h1-3,6-11,25-27H,4-5,12-20H2,(H,28,29). The molecule has 0 spiro atoms. The van der Waals surface area contributed by atoms with E-state index in [1.165, 1.54) is 11.1 Å². The van der Waals surface area contributed by atoms with Crippen molar-refractivity contribution in [2.24, 2.45) is 0 Å². The van der Waals surface area contributed by atoms with Gasteiger partial charge in [0.25, 0.3) is 0 Å². The number of nitrogens with one attached hydrogen (secondary N) is 3. The molecule has 7 nitrogen and oxygen atoms in total. The fourth-order valence-corrected chi connectivity index (χ4v) is 2.94. The van der Waals surface area contributed by atoms with Crippen LogP contribution in [0.15, 0.2) is 54.6 Å². The zero-order valence-corrected chi connectivity index (χ0v) is 18.1. The van der Waals surface area contributed by atoms with Gasteiger partial charge in [-0.15, -0.1) is 0 Å². The molecule has 170 valence electrons. The number of unbranched alkanes of at least 4 members (excludes halogenated alkanes) is 1. The molecule has 0 saturated carbocycles. The second kappa shape index (κ2) is 16.3. The van der Waals surface area contributed by atoms with Crippen molar-refractivity contribution in [3.8, 4) is 5.75 Å². The molecule has 31 heavy (non-hydrogen) atoms. The van der Waals surface area contributed by atoms with Crippen molar-refractivity contribution >= 4 is 5.97 Å². The minimum absolute atomic E-state index is 0.262. The Hall–Kier alpha value is -2.45. The summed E-state index contributed by atoms with van der Waals surface area (Å²) >= 11 is 0. The van der Waals surface area contributed by atoms with E-state index in [2.05, 4.69) is 40.2 Å². The summed E-state index contributed by atoms with van der Waals surface area (Å²) in [5, 5.41) is 18.3. The molecule has 0 saturated heterocycles. The van der Waals surface area contributed by atoms with E-state index in [0.29, 0.717) is 6.61 Å². The molecular weight excluding hydrogens is 394 g/mol. The highest BCUT2D eigenvalue weighted by Gasteiger charge is 1.98. The predicted molar refractivity (Wildman–Crippen MR) is 122 cm³/mol. The molecule has 2 aromatic rings. The summed E-state index contributed by atoms with van der Waals surface area (Å²) in [6.45, 7) is 5.16. The molecule has 0 aliphatic heterocycles. The highest BCUT2D eigenvalue weighted by atomic mass is 16.5. The number of rotatable bonds is 18. The van der Waals surface area contributed by atoms with Gasteiger partial charge in [0.15, 0.2) is 0 Å². The highest BCUT2D eigenvalue weighted by Crippen LogP contribution is 2.14. The van der Waals surface area contributed by atoms with Crippen LogP contribution in [-0.2, 0) is 22.6 Å². The fraction of sp³-hybridized carbons (Fsp3) is 0.458. The number of carboxylic acids is 1. The maximum absolute atomic E-state index is 10.3. The van der Waals surface area contributed by atoms with Gasteiger partial charge in [0, 0.05) is 13.1 Å². The van der Waals surface area contributed by atoms with E-state index in [9.17, 15) is 4.79 Å². The average molecular weight is 430 g/mol. The van der Waals surface area contributed by atoms with Crippen molar-refractivity contribution in [3.63, 3.8) is 0 Å². The van der Waals surface area contributed by atoms with Crippen molar-refractivity contribution in [1.82, 2.24) is 16.0 Å². The van der Waals surface area contributed by atoms with Crippen LogP contribution < -0.4 is 20.7 Å².